The Morgan fingerprint density at radius 3 is 2.45 bits per heavy atom. The molecule has 1 aromatic heterocycles. The van der Waals surface area contributed by atoms with Gasteiger partial charge < -0.3 is 5.73 Å². The van der Waals surface area contributed by atoms with Crippen LogP contribution in [0.2, 0.25) is 0 Å². The lowest BCUT2D eigenvalue weighted by Crippen LogP contribution is -2.00. The van der Waals surface area contributed by atoms with Gasteiger partial charge in [0.15, 0.2) is 0 Å². The van der Waals surface area contributed by atoms with E-state index >= 15 is 0 Å². The van der Waals surface area contributed by atoms with E-state index in [2.05, 4.69) is 4.98 Å². The zero-order valence-electron chi connectivity index (χ0n) is 6.79. The maximum atomic E-state index is 5.43. The molecular formula is C8H13ClN2. The van der Waals surface area contributed by atoms with Crippen molar-refractivity contribution in [2.75, 3.05) is 0 Å². The lowest BCUT2D eigenvalue weighted by Gasteiger charge is -1.99. The van der Waals surface area contributed by atoms with E-state index in [0.717, 1.165) is 11.4 Å². The van der Waals surface area contributed by atoms with E-state index in [-0.39, 0.29) is 12.4 Å². The first kappa shape index (κ1) is 10.4. The van der Waals surface area contributed by atoms with Gasteiger partial charge in [0.2, 0.25) is 0 Å². The largest absolute Gasteiger partial charge is 0.325 e. The monoisotopic (exact) mass is 172 g/mol. The molecule has 0 radical (unpaired) electrons. The molecule has 1 rings (SSSR count). The predicted octanol–water partition coefficient (Wildman–Crippen LogP) is 1.58. The van der Waals surface area contributed by atoms with Crippen LogP contribution in [0.4, 0.5) is 0 Å². The summed E-state index contributed by atoms with van der Waals surface area (Å²) in [5.74, 6) is 0. The van der Waals surface area contributed by atoms with Gasteiger partial charge in [-0.3, -0.25) is 4.98 Å². The topological polar surface area (TPSA) is 38.9 Å². The zero-order chi connectivity index (χ0) is 7.56. The quantitative estimate of drug-likeness (QED) is 0.699. The minimum absolute atomic E-state index is 0. The maximum absolute atomic E-state index is 5.43. The molecule has 0 bridgehead atoms. The second-order valence-corrected chi connectivity index (χ2v) is 2.48. The van der Waals surface area contributed by atoms with Crippen LogP contribution in [-0.4, -0.2) is 4.98 Å². The van der Waals surface area contributed by atoms with E-state index in [9.17, 15) is 0 Å². The van der Waals surface area contributed by atoms with Crippen LogP contribution in [0.5, 0.6) is 0 Å². The summed E-state index contributed by atoms with van der Waals surface area (Å²) in [6.45, 7) is 4.56. The van der Waals surface area contributed by atoms with Crippen LogP contribution < -0.4 is 5.73 Å². The summed E-state index contributed by atoms with van der Waals surface area (Å²) in [5.41, 5.74) is 8.67. The first-order valence-corrected chi connectivity index (χ1v) is 3.36. The summed E-state index contributed by atoms with van der Waals surface area (Å²) in [5, 5.41) is 0. The predicted molar refractivity (Wildman–Crippen MR) is 48.9 cm³/mol. The van der Waals surface area contributed by atoms with Crippen LogP contribution in [0.25, 0.3) is 0 Å². The molecule has 0 saturated carbocycles. The van der Waals surface area contributed by atoms with Crippen molar-refractivity contribution < 1.29 is 0 Å². The molecule has 0 unspecified atom stereocenters. The van der Waals surface area contributed by atoms with Crippen molar-refractivity contribution in [1.82, 2.24) is 4.98 Å². The maximum Gasteiger partial charge on any atom is 0.0545 e. The lowest BCUT2D eigenvalue weighted by atomic mass is 10.2. The van der Waals surface area contributed by atoms with E-state index < -0.39 is 0 Å². The van der Waals surface area contributed by atoms with Crippen molar-refractivity contribution in [3.63, 3.8) is 0 Å². The number of nitrogens with two attached hydrogens (primary N) is 1. The second-order valence-electron chi connectivity index (χ2n) is 2.48. The van der Waals surface area contributed by atoms with Crippen molar-refractivity contribution >= 4 is 12.4 Å². The Labute approximate surface area is 73.2 Å². The standard InChI is InChI=1S/C8H12N2.ClH/c1-6-3-7(2)10-8(4-6)5-9;/h3-4H,5,9H2,1-2H3;1H. The number of hydrogen-bond acceptors (Lipinski definition) is 2. The summed E-state index contributed by atoms with van der Waals surface area (Å²) in [4.78, 5) is 4.23. The van der Waals surface area contributed by atoms with Gasteiger partial charge in [0.05, 0.1) is 5.69 Å². The van der Waals surface area contributed by atoms with Gasteiger partial charge in [-0.1, -0.05) is 0 Å². The number of aromatic nitrogens is 1. The van der Waals surface area contributed by atoms with E-state index in [1.54, 1.807) is 0 Å². The molecule has 0 saturated heterocycles. The fraction of sp³-hybridized carbons (Fsp3) is 0.375. The van der Waals surface area contributed by atoms with Gasteiger partial charge in [-0.05, 0) is 31.5 Å². The van der Waals surface area contributed by atoms with Gasteiger partial charge in [0.25, 0.3) is 0 Å². The molecule has 0 aromatic carbocycles. The molecule has 1 heterocycles. The first-order valence-electron chi connectivity index (χ1n) is 3.36. The summed E-state index contributed by atoms with van der Waals surface area (Å²) < 4.78 is 0. The Bertz CT molecular complexity index is 215. The minimum Gasteiger partial charge on any atom is -0.325 e. The van der Waals surface area contributed by atoms with Crippen LogP contribution in [0, 0.1) is 13.8 Å². The minimum atomic E-state index is 0. The van der Waals surface area contributed by atoms with Gasteiger partial charge in [-0.15, -0.1) is 12.4 Å². The molecular weight excluding hydrogens is 160 g/mol. The fourth-order valence-electron chi connectivity index (χ4n) is 1.03. The van der Waals surface area contributed by atoms with Gasteiger partial charge in [0, 0.05) is 12.2 Å². The summed E-state index contributed by atoms with van der Waals surface area (Å²) in [6.07, 6.45) is 0. The highest BCUT2D eigenvalue weighted by Crippen LogP contribution is 2.02. The third kappa shape index (κ3) is 2.87. The first-order chi connectivity index (χ1) is 4.72. The molecule has 11 heavy (non-hydrogen) atoms. The molecule has 0 spiro atoms. The molecule has 2 N–H and O–H groups in total. The lowest BCUT2D eigenvalue weighted by molar-refractivity contribution is 0.962. The average Bonchev–Trinajstić information content (AvgIpc) is 1.85. The number of halogens is 1. The third-order valence-corrected chi connectivity index (χ3v) is 1.36. The number of rotatable bonds is 1. The number of hydrogen-bond donors (Lipinski definition) is 1. The second kappa shape index (κ2) is 4.31. The molecule has 2 nitrogen and oxygen atoms in total. The van der Waals surface area contributed by atoms with Crippen LogP contribution in [0.3, 0.4) is 0 Å². The molecule has 0 aliphatic heterocycles. The van der Waals surface area contributed by atoms with Crippen LogP contribution in [-0.2, 0) is 6.54 Å². The Hall–Kier alpha value is -0.600. The van der Waals surface area contributed by atoms with Crippen molar-refractivity contribution in [3.05, 3.63) is 29.1 Å². The SMILES string of the molecule is Cc1cc(C)nc(CN)c1.Cl. The summed E-state index contributed by atoms with van der Waals surface area (Å²) in [6, 6.07) is 4.05. The molecule has 3 heteroatoms. The molecule has 0 aliphatic rings. The van der Waals surface area contributed by atoms with Gasteiger partial charge in [-0.25, -0.2) is 0 Å². The van der Waals surface area contributed by atoms with Crippen molar-refractivity contribution in [1.29, 1.82) is 0 Å². The highest BCUT2D eigenvalue weighted by molar-refractivity contribution is 5.85. The van der Waals surface area contributed by atoms with Gasteiger partial charge in [-0.2, -0.15) is 0 Å². The molecule has 0 amide bonds. The summed E-state index contributed by atoms with van der Waals surface area (Å²) >= 11 is 0. The molecule has 0 fully saturated rings. The number of pyridine rings is 1. The Morgan fingerprint density at radius 2 is 2.00 bits per heavy atom. The van der Waals surface area contributed by atoms with Crippen molar-refractivity contribution in [2.45, 2.75) is 20.4 Å². The van der Waals surface area contributed by atoms with Crippen molar-refractivity contribution in [2.24, 2.45) is 5.73 Å². The van der Waals surface area contributed by atoms with E-state index in [4.69, 9.17) is 5.73 Å². The average molecular weight is 173 g/mol. The molecule has 1 aromatic rings. The van der Waals surface area contributed by atoms with Crippen LogP contribution >= 0.6 is 12.4 Å². The van der Waals surface area contributed by atoms with Crippen molar-refractivity contribution in [3.8, 4) is 0 Å². The van der Waals surface area contributed by atoms with E-state index in [1.165, 1.54) is 5.56 Å². The van der Waals surface area contributed by atoms with E-state index in [1.807, 2.05) is 26.0 Å². The number of nitrogens with zero attached hydrogens (tertiary/aromatic N) is 1. The fourth-order valence-corrected chi connectivity index (χ4v) is 1.03. The molecule has 0 aliphatic carbocycles. The molecule has 62 valence electrons. The third-order valence-electron chi connectivity index (χ3n) is 1.36. The Kier molecular flexibility index (Phi) is 4.08. The summed E-state index contributed by atoms with van der Waals surface area (Å²) in [7, 11) is 0. The number of aryl methyl sites for hydroxylation is 2. The highest BCUT2D eigenvalue weighted by atomic mass is 35.5. The zero-order valence-corrected chi connectivity index (χ0v) is 7.61. The Balaban J connectivity index is 0.000001000. The van der Waals surface area contributed by atoms with Gasteiger partial charge in [0.1, 0.15) is 0 Å². The van der Waals surface area contributed by atoms with E-state index in [0.29, 0.717) is 6.54 Å². The van der Waals surface area contributed by atoms with Gasteiger partial charge >= 0.3 is 0 Å². The highest BCUT2D eigenvalue weighted by Gasteiger charge is 1.92. The molecule has 0 atom stereocenters. The van der Waals surface area contributed by atoms with Crippen LogP contribution in [0.1, 0.15) is 17.0 Å². The smallest absolute Gasteiger partial charge is 0.0545 e. The Morgan fingerprint density at radius 1 is 1.36 bits per heavy atom. The normalized spacial score (nSPS) is 9.00. The van der Waals surface area contributed by atoms with Crippen LogP contribution in [0.15, 0.2) is 12.1 Å².